The molecular weight excluding hydrogens is 388 g/mol. The molecule has 0 radical (unpaired) electrons. The summed E-state index contributed by atoms with van der Waals surface area (Å²) in [6.45, 7) is 2.06. The number of amides is 2. The Bertz CT molecular complexity index is 1030. The maximum absolute atomic E-state index is 12.5. The predicted molar refractivity (Wildman–Crippen MR) is 116 cm³/mol. The van der Waals surface area contributed by atoms with E-state index in [-0.39, 0.29) is 11.8 Å². The van der Waals surface area contributed by atoms with E-state index in [0.717, 1.165) is 6.42 Å². The Morgan fingerprint density at radius 1 is 0.931 bits per heavy atom. The quantitative estimate of drug-likeness (QED) is 0.572. The van der Waals surface area contributed by atoms with Crippen LogP contribution in [0.15, 0.2) is 66.7 Å². The molecule has 0 unspecified atom stereocenters. The largest absolute Gasteiger partial charge is 0.494 e. The van der Waals surface area contributed by atoms with Gasteiger partial charge in [0.2, 0.25) is 0 Å². The number of halogens is 1. The van der Waals surface area contributed by atoms with E-state index in [0.29, 0.717) is 33.3 Å². The van der Waals surface area contributed by atoms with Crippen LogP contribution in [0.25, 0.3) is 0 Å². The van der Waals surface area contributed by atoms with Gasteiger partial charge >= 0.3 is 0 Å². The van der Waals surface area contributed by atoms with Gasteiger partial charge in [0.05, 0.1) is 23.4 Å². The van der Waals surface area contributed by atoms with Crippen molar-refractivity contribution in [3.63, 3.8) is 0 Å². The molecule has 0 aliphatic heterocycles. The number of benzene rings is 3. The summed E-state index contributed by atoms with van der Waals surface area (Å²) in [7, 11) is 1.50. The van der Waals surface area contributed by atoms with Crippen LogP contribution in [0.5, 0.6) is 5.75 Å². The summed E-state index contributed by atoms with van der Waals surface area (Å²) >= 11 is 6.08. The van der Waals surface area contributed by atoms with Crippen molar-refractivity contribution in [1.82, 2.24) is 0 Å². The number of carbonyl (C=O) groups is 2. The first-order valence-corrected chi connectivity index (χ1v) is 9.53. The van der Waals surface area contributed by atoms with Gasteiger partial charge in [0, 0.05) is 17.3 Å². The van der Waals surface area contributed by atoms with Crippen LogP contribution in [0.1, 0.15) is 33.2 Å². The standard InChI is InChI=1S/C23H21ClN2O3/c1-3-15-8-10-16(11-9-15)22(27)25-17-12-13-20(21(14-17)29-2)26-23(28)18-6-4-5-7-19(18)24/h4-14H,3H2,1-2H3,(H,25,27)(H,26,28). The molecule has 2 amide bonds. The summed E-state index contributed by atoms with van der Waals surface area (Å²) in [6, 6.07) is 19.3. The summed E-state index contributed by atoms with van der Waals surface area (Å²) in [5.74, 6) is -0.145. The molecule has 148 valence electrons. The van der Waals surface area contributed by atoms with E-state index in [2.05, 4.69) is 17.6 Å². The number of anilines is 2. The number of aryl methyl sites for hydroxylation is 1. The van der Waals surface area contributed by atoms with Crippen LogP contribution in [0.4, 0.5) is 11.4 Å². The summed E-state index contributed by atoms with van der Waals surface area (Å²) in [5, 5.41) is 5.98. The van der Waals surface area contributed by atoms with Crippen LogP contribution in [0.2, 0.25) is 5.02 Å². The Kier molecular flexibility index (Phi) is 6.52. The lowest BCUT2D eigenvalue weighted by Crippen LogP contribution is -2.14. The Morgan fingerprint density at radius 3 is 2.31 bits per heavy atom. The van der Waals surface area contributed by atoms with E-state index in [1.165, 1.54) is 12.7 Å². The number of carbonyl (C=O) groups excluding carboxylic acids is 2. The molecule has 3 aromatic carbocycles. The highest BCUT2D eigenvalue weighted by Gasteiger charge is 2.14. The zero-order valence-electron chi connectivity index (χ0n) is 16.2. The van der Waals surface area contributed by atoms with E-state index in [9.17, 15) is 9.59 Å². The zero-order chi connectivity index (χ0) is 20.8. The highest BCUT2D eigenvalue weighted by Crippen LogP contribution is 2.29. The molecule has 0 fully saturated rings. The number of hydrogen-bond donors (Lipinski definition) is 2. The molecule has 5 nitrogen and oxygen atoms in total. The van der Waals surface area contributed by atoms with Crippen LogP contribution in [-0.2, 0) is 6.42 Å². The van der Waals surface area contributed by atoms with Crippen LogP contribution in [0, 0.1) is 0 Å². The lowest BCUT2D eigenvalue weighted by molar-refractivity contribution is 0.101. The molecule has 0 spiro atoms. The minimum Gasteiger partial charge on any atom is -0.494 e. The number of hydrogen-bond acceptors (Lipinski definition) is 3. The summed E-state index contributed by atoms with van der Waals surface area (Å²) in [4.78, 5) is 24.9. The Balaban J connectivity index is 1.75. The van der Waals surface area contributed by atoms with Gasteiger partial charge in [-0.05, 0) is 48.4 Å². The molecule has 0 bridgehead atoms. The van der Waals surface area contributed by atoms with E-state index >= 15 is 0 Å². The summed E-state index contributed by atoms with van der Waals surface area (Å²) in [6.07, 6.45) is 0.917. The molecule has 0 aliphatic rings. The molecule has 0 saturated heterocycles. The van der Waals surface area contributed by atoms with Crippen molar-refractivity contribution in [2.45, 2.75) is 13.3 Å². The monoisotopic (exact) mass is 408 g/mol. The fraction of sp³-hybridized carbons (Fsp3) is 0.130. The second kappa shape index (κ2) is 9.26. The molecule has 2 N–H and O–H groups in total. The van der Waals surface area contributed by atoms with Gasteiger partial charge in [-0.2, -0.15) is 0 Å². The number of nitrogens with one attached hydrogen (secondary N) is 2. The van der Waals surface area contributed by atoms with Crippen molar-refractivity contribution in [2.75, 3.05) is 17.7 Å². The maximum Gasteiger partial charge on any atom is 0.257 e. The fourth-order valence-corrected chi connectivity index (χ4v) is 3.02. The first kappa shape index (κ1) is 20.4. The lowest BCUT2D eigenvalue weighted by Gasteiger charge is -2.13. The summed E-state index contributed by atoms with van der Waals surface area (Å²) in [5.41, 5.74) is 3.13. The van der Waals surface area contributed by atoms with Crippen LogP contribution >= 0.6 is 11.6 Å². The Hall–Kier alpha value is -3.31. The molecular formula is C23H21ClN2O3. The Labute approximate surface area is 174 Å². The second-order valence-electron chi connectivity index (χ2n) is 6.35. The van der Waals surface area contributed by atoms with Gasteiger partial charge in [-0.15, -0.1) is 0 Å². The number of ether oxygens (including phenoxy) is 1. The van der Waals surface area contributed by atoms with Crippen molar-refractivity contribution in [3.8, 4) is 5.75 Å². The molecule has 0 atom stereocenters. The van der Waals surface area contributed by atoms with Crippen molar-refractivity contribution in [3.05, 3.63) is 88.4 Å². The first-order chi connectivity index (χ1) is 14.0. The third-order valence-corrected chi connectivity index (χ3v) is 4.78. The molecule has 0 heterocycles. The lowest BCUT2D eigenvalue weighted by atomic mass is 10.1. The topological polar surface area (TPSA) is 67.4 Å². The molecule has 3 rings (SSSR count). The Morgan fingerprint density at radius 2 is 1.66 bits per heavy atom. The third kappa shape index (κ3) is 4.95. The average molecular weight is 409 g/mol. The minimum atomic E-state index is -0.346. The van der Waals surface area contributed by atoms with Gasteiger partial charge in [-0.1, -0.05) is 42.8 Å². The van der Waals surface area contributed by atoms with Crippen LogP contribution < -0.4 is 15.4 Å². The second-order valence-corrected chi connectivity index (χ2v) is 6.76. The van der Waals surface area contributed by atoms with Gasteiger partial charge < -0.3 is 15.4 Å². The zero-order valence-corrected chi connectivity index (χ0v) is 16.9. The van der Waals surface area contributed by atoms with Gasteiger partial charge in [0.15, 0.2) is 0 Å². The van der Waals surface area contributed by atoms with E-state index in [1.807, 2.05) is 12.1 Å². The van der Waals surface area contributed by atoms with E-state index < -0.39 is 0 Å². The van der Waals surface area contributed by atoms with Gasteiger partial charge in [0.1, 0.15) is 5.75 Å². The SMILES string of the molecule is CCc1ccc(C(=O)Nc2ccc(NC(=O)c3ccccc3Cl)c(OC)c2)cc1. The smallest absolute Gasteiger partial charge is 0.257 e. The normalized spacial score (nSPS) is 10.3. The van der Waals surface area contributed by atoms with Crippen molar-refractivity contribution in [1.29, 1.82) is 0 Å². The highest BCUT2D eigenvalue weighted by molar-refractivity contribution is 6.34. The van der Waals surface area contributed by atoms with Crippen molar-refractivity contribution < 1.29 is 14.3 Å². The average Bonchev–Trinajstić information content (AvgIpc) is 2.75. The maximum atomic E-state index is 12.5. The number of methoxy groups -OCH3 is 1. The van der Waals surface area contributed by atoms with Crippen LogP contribution in [-0.4, -0.2) is 18.9 Å². The van der Waals surface area contributed by atoms with Gasteiger partial charge in [0.25, 0.3) is 11.8 Å². The summed E-state index contributed by atoms with van der Waals surface area (Å²) < 4.78 is 5.37. The highest BCUT2D eigenvalue weighted by atomic mass is 35.5. The van der Waals surface area contributed by atoms with Crippen molar-refractivity contribution >= 4 is 34.8 Å². The molecule has 3 aromatic rings. The fourth-order valence-electron chi connectivity index (χ4n) is 2.80. The molecule has 6 heteroatoms. The first-order valence-electron chi connectivity index (χ1n) is 9.16. The third-order valence-electron chi connectivity index (χ3n) is 4.45. The van der Waals surface area contributed by atoms with E-state index in [4.69, 9.17) is 16.3 Å². The van der Waals surface area contributed by atoms with E-state index in [1.54, 1.807) is 54.6 Å². The van der Waals surface area contributed by atoms with Crippen LogP contribution in [0.3, 0.4) is 0 Å². The van der Waals surface area contributed by atoms with Gasteiger partial charge in [-0.3, -0.25) is 9.59 Å². The molecule has 0 aromatic heterocycles. The number of rotatable bonds is 6. The minimum absolute atomic E-state index is 0.220. The van der Waals surface area contributed by atoms with Gasteiger partial charge in [-0.25, -0.2) is 0 Å². The molecule has 0 aliphatic carbocycles. The molecule has 0 saturated carbocycles. The van der Waals surface area contributed by atoms with Crippen molar-refractivity contribution in [2.24, 2.45) is 0 Å². The molecule has 29 heavy (non-hydrogen) atoms. The predicted octanol–water partition coefficient (Wildman–Crippen LogP) is 5.42.